The predicted octanol–water partition coefficient (Wildman–Crippen LogP) is 1.21. The molecule has 0 saturated carbocycles. The summed E-state index contributed by atoms with van der Waals surface area (Å²) in [4.78, 5) is 28.9. The van der Waals surface area contributed by atoms with Gasteiger partial charge in [0.15, 0.2) is 0 Å². The van der Waals surface area contributed by atoms with Crippen molar-refractivity contribution in [2.45, 2.75) is 39.4 Å². The number of carbonyl (C=O) groups excluding carboxylic acids is 1. The molecule has 0 aliphatic heterocycles. The SMILES string of the molecule is CC[C@@H](NC(=O)Cn1[nH]c2ccccc2c1=O)c1ncnn1CC. The zero-order valence-electron chi connectivity index (χ0n) is 13.7. The van der Waals surface area contributed by atoms with Crippen LogP contribution in [-0.2, 0) is 17.9 Å². The van der Waals surface area contributed by atoms with Crippen LogP contribution in [0.5, 0.6) is 0 Å². The third-order valence-electron chi connectivity index (χ3n) is 3.96. The van der Waals surface area contributed by atoms with E-state index in [2.05, 4.69) is 20.5 Å². The monoisotopic (exact) mass is 328 g/mol. The minimum Gasteiger partial charge on any atom is -0.344 e. The van der Waals surface area contributed by atoms with Crippen molar-refractivity contribution in [3.8, 4) is 0 Å². The van der Waals surface area contributed by atoms with E-state index in [1.807, 2.05) is 26.0 Å². The van der Waals surface area contributed by atoms with Crippen molar-refractivity contribution in [3.05, 3.63) is 46.8 Å². The first-order valence-electron chi connectivity index (χ1n) is 7.98. The molecule has 3 rings (SSSR count). The quantitative estimate of drug-likeness (QED) is 0.710. The van der Waals surface area contributed by atoms with Gasteiger partial charge in [-0.2, -0.15) is 5.10 Å². The summed E-state index contributed by atoms with van der Waals surface area (Å²) in [5, 5.41) is 10.6. The number of carbonyl (C=O) groups is 1. The van der Waals surface area contributed by atoms with Crippen LogP contribution in [0, 0.1) is 0 Å². The highest BCUT2D eigenvalue weighted by atomic mass is 16.2. The number of nitrogens with one attached hydrogen (secondary N) is 2. The molecule has 8 nitrogen and oxygen atoms in total. The molecule has 0 saturated heterocycles. The fourth-order valence-electron chi connectivity index (χ4n) is 2.74. The molecule has 2 N–H and O–H groups in total. The Morgan fingerprint density at radius 2 is 2.12 bits per heavy atom. The molecule has 0 radical (unpaired) electrons. The summed E-state index contributed by atoms with van der Waals surface area (Å²) < 4.78 is 3.07. The van der Waals surface area contributed by atoms with Gasteiger partial charge in [0.1, 0.15) is 18.7 Å². The van der Waals surface area contributed by atoms with E-state index in [1.165, 1.54) is 11.0 Å². The second-order valence-corrected chi connectivity index (χ2v) is 5.51. The maximum Gasteiger partial charge on any atom is 0.274 e. The number of H-pyrrole nitrogens is 1. The number of amides is 1. The van der Waals surface area contributed by atoms with Crippen molar-refractivity contribution in [1.29, 1.82) is 0 Å². The fourth-order valence-corrected chi connectivity index (χ4v) is 2.74. The number of fused-ring (bicyclic) bond motifs is 1. The third kappa shape index (κ3) is 2.94. The molecule has 126 valence electrons. The number of para-hydroxylation sites is 1. The number of aromatic nitrogens is 5. The van der Waals surface area contributed by atoms with Gasteiger partial charge < -0.3 is 5.32 Å². The van der Waals surface area contributed by atoms with Gasteiger partial charge in [-0.25, -0.2) is 14.3 Å². The van der Waals surface area contributed by atoms with Gasteiger partial charge in [0, 0.05) is 6.54 Å². The van der Waals surface area contributed by atoms with Gasteiger partial charge in [-0.15, -0.1) is 0 Å². The lowest BCUT2D eigenvalue weighted by Gasteiger charge is -2.16. The van der Waals surface area contributed by atoms with Crippen LogP contribution < -0.4 is 10.9 Å². The number of aromatic amines is 1. The topological polar surface area (TPSA) is 97.6 Å². The fraction of sp³-hybridized carbons (Fsp3) is 0.375. The minimum absolute atomic E-state index is 0.0652. The summed E-state index contributed by atoms with van der Waals surface area (Å²) in [6.45, 7) is 4.55. The Hall–Kier alpha value is -2.90. The molecule has 0 aliphatic carbocycles. The Kier molecular flexibility index (Phi) is 4.45. The molecule has 2 aromatic heterocycles. The second-order valence-electron chi connectivity index (χ2n) is 5.51. The largest absolute Gasteiger partial charge is 0.344 e. The van der Waals surface area contributed by atoms with Crippen molar-refractivity contribution < 1.29 is 4.79 Å². The van der Waals surface area contributed by atoms with E-state index >= 15 is 0 Å². The molecule has 3 aromatic rings. The molecule has 1 aromatic carbocycles. The Morgan fingerprint density at radius 1 is 1.33 bits per heavy atom. The van der Waals surface area contributed by atoms with Gasteiger partial charge in [0.25, 0.3) is 5.56 Å². The molecule has 24 heavy (non-hydrogen) atoms. The Labute approximate surface area is 138 Å². The second kappa shape index (κ2) is 6.69. The summed E-state index contributed by atoms with van der Waals surface area (Å²) in [5.41, 5.74) is 0.513. The normalized spacial score (nSPS) is 12.4. The summed E-state index contributed by atoms with van der Waals surface area (Å²) in [6.07, 6.45) is 2.17. The van der Waals surface area contributed by atoms with Crippen molar-refractivity contribution >= 4 is 16.8 Å². The molecule has 2 heterocycles. The molecule has 0 bridgehead atoms. The Morgan fingerprint density at radius 3 is 2.83 bits per heavy atom. The molecule has 0 spiro atoms. The van der Waals surface area contributed by atoms with Crippen molar-refractivity contribution in [2.24, 2.45) is 0 Å². The predicted molar refractivity (Wildman–Crippen MR) is 89.4 cm³/mol. The van der Waals surface area contributed by atoms with E-state index < -0.39 is 0 Å². The maximum atomic E-state index is 12.4. The summed E-state index contributed by atoms with van der Waals surface area (Å²) >= 11 is 0. The smallest absolute Gasteiger partial charge is 0.274 e. The number of aryl methyl sites for hydroxylation is 1. The molecule has 0 fully saturated rings. The molecule has 0 aliphatic rings. The first-order chi connectivity index (χ1) is 11.6. The van der Waals surface area contributed by atoms with E-state index in [0.29, 0.717) is 23.9 Å². The van der Waals surface area contributed by atoms with E-state index in [-0.39, 0.29) is 24.1 Å². The highest BCUT2D eigenvalue weighted by molar-refractivity contribution is 5.79. The van der Waals surface area contributed by atoms with E-state index in [0.717, 1.165) is 5.82 Å². The van der Waals surface area contributed by atoms with Crippen LogP contribution in [0.25, 0.3) is 10.9 Å². The zero-order chi connectivity index (χ0) is 17.1. The minimum atomic E-state index is -0.249. The van der Waals surface area contributed by atoms with Gasteiger partial charge in [-0.05, 0) is 25.5 Å². The zero-order valence-corrected chi connectivity index (χ0v) is 13.7. The van der Waals surface area contributed by atoms with Gasteiger partial charge in [-0.1, -0.05) is 19.1 Å². The molecular weight excluding hydrogens is 308 g/mol. The first kappa shape index (κ1) is 16.0. The number of hydrogen-bond donors (Lipinski definition) is 2. The number of hydrogen-bond acceptors (Lipinski definition) is 4. The Balaban J connectivity index is 1.76. The highest BCUT2D eigenvalue weighted by Gasteiger charge is 2.19. The number of nitrogens with zero attached hydrogens (tertiary/aromatic N) is 4. The Bertz CT molecular complexity index is 907. The molecule has 1 amide bonds. The summed E-state index contributed by atoms with van der Waals surface area (Å²) in [5.74, 6) is 0.471. The van der Waals surface area contributed by atoms with Crippen LogP contribution in [0.2, 0.25) is 0 Å². The van der Waals surface area contributed by atoms with Gasteiger partial charge in [0.2, 0.25) is 5.91 Å². The van der Waals surface area contributed by atoms with Crippen molar-refractivity contribution in [2.75, 3.05) is 0 Å². The maximum absolute atomic E-state index is 12.4. The van der Waals surface area contributed by atoms with Crippen molar-refractivity contribution in [3.63, 3.8) is 0 Å². The highest BCUT2D eigenvalue weighted by Crippen LogP contribution is 2.13. The van der Waals surface area contributed by atoms with E-state index in [4.69, 9.17) is 0 Å². The van der Waals surface area contributed by atoms with E-state index in [9.17, 15) is 9.59 Å². The summed E-state index contributed by atoms with van der Waals surface area (Å²) in [6, 6.07) is 6.95. The molecule has 0 unspecified atom stereocenters. The van der Waals surface area contributed by atoms with Crippen molar-refractivity contribution in [1.82, 2.24) is 29.9 Å². The van der Waals surface area contributed by atoms with Crippen LogP contribution in [-0.4, -0.2) is 30.5 Å². The third-order valence-corrected chi connectivity index (χ3v) is 3.96. The standard InChI is InChI=1S/C16H20N6O2/c1-3-12(15-17-10-18-21(15)4-2)19-14(23)9-22-16(24)11-7-5-6-8-13(11)20-22/h5-8,10,12,20H,3-4,9H2,1-2H3,(H,19,23)/t12-/m1/s1. The lowest BCUT2D eigenvalue weighted by atomic mass is 10.2. The van der Waals surface area contributed by atoms with E-state index in [1.54, 1.807) is 16.8 Å². The molecular formula is C16H20N6O2. The van der Waals surface area contributed by atoms with Crippen LogP contribution in [0.1, 0.15) is 32.1 Å². The number of rotatable bonds is 6. The van der Waals surface area contributed by atoms with Crippen LogP contribution in [0.3, 0.4) is 0 Å². The van der Waals surface area contributed by atoms with Crippen LogP contribution >= 0.6 is 0 Å². The van der Waals surface area contributed by atoms with Crippen LogP contribution in [0.15, 0.2) is 35.4 Å². The average molecular weight is 328 g/mol. The van der Waals surface area contributed by atoms with Gasteiger partial charge >= 0.3 is 0 Å². The van der Waals surface area contributed by atoms with Gasteiger partial charge in [-0.3, -0.25) is 14.7 Å². The molecule has 8 heteroatoms. The lowest BCUT2D eigenvalue weighted by Crippen LogP contribution is -2.35. The van der Waals surface area contributed by atoms with Crippen LogP contribution in [0.4, 0.5) is 0 Å². The first-order valence-corrected chi connectivity index (χ1v) is 7.98. The molecule has 1 atom stereocenters. The van der Waals surface area contributed by atoms with Gasteiger partial charge in [0.05, 0.1) is 16.9 Å². The average Bonchev–Trinajstić information content (AvgIpc) is 3.18. The lowest BCUT2D eigenvalue weighted by molar-refractivity contribution is -0.122. The number of benzene rings is 1. The summed E-state index contributed by atoms with van der Waals surface area (Å²) in [7, 11) is 0.